The maximum atomic E-state index is 4.40. The van der Waals surface area contributed by atoms with Crippen molar-refractivity contribution in [2.75, 3.05) is 11.9 Å². The number of nitrogens with one attached hydrogen (secondary N) is 1. The van der Waals surface area contributed by atoms with Gasteiger partial charge < -0.3 is 5.32 Å². The number of aromatic nitrogens is 4. The van der Waals surface area contributed by atoms with E-state index in [2.05, 4.69) is 39.4 Å². The van der Waals surface area contributed by atoms with Crippen molar-refractivity contribution in [3.63, 3.8) is 0 Å². The van der Waals surface area contributed by atoms with E-state index in [1.807, 2.05) is 24.4 Å². The van der Waals surface area contributed by atoms with Gasteiger partial charge in [-0.05, 0) is 12.0 Å². The Balaban J connectivity index is 1.99. The Bertz CT molecular complexity index is 690. The third kappa shape index (κ3) is 2.34. The molecule has 2 heterocycles. The monoisotopic (exact) mass is 267 g/mol. The largest absolute Gasteiger partial charge is 0.354 e. The average Bonchev–Trinajstić information content (AvgIpc) is 2.93. The summed E-state index contributed by atoms with van der Waals surface area (Å²) in [5.74, 6) is 0.741. The van der Waals surface area contributed by atoms with Crippen LogP contribution in [0.4, 0.5) is 5.95 Å². The van der Waals surface area contributed by atoms with E-state index in [-0.39, 0.29) is 0 Å². The third-order valence-corrected chi connectivity index (χ3v) is 3.20. The van der Waals surface area contributed by atoms with Gasteiger partial charge in [0.1, 0.15) is 6.33 Å². The lowest BCUT2D eigenvalue weighted by Gasteiger charge is -2.06. The zero-order valence-electron chi connectivity index (χ0n) is 11.5. The molecule has 0 spiro atoms. The predicted octanol–water partition coefficient (Wildman–Crippen LogP) is 3.00. The molecule has 0 radical (unpaired) electrons. The van der Waals surface area contributed by atoms with E-state index in [0.717, 1.165) is 42.1 Å². The molecule has 5 nitrogen and oxygen atoms in total. The van der Waals surface area contributed by atoms with Crippen molar-refractivity contribution < 1.29 is 0 Å². The van der Waals surface area contributed by atoms with Gasteiger partial charge in [-0.3, -0.25) is 0 Å². The van der Waals surface area contributed by atoms with Gasteiger partial charge in [-0.2, -0.15) is 9.61 Å². The Labute approximate surface area is 117 Å². The lowest BCUT2D eigenvalue weighted by atomic mass is 10.1. The number of rotatable bonds is 5. The van der Waals surface area contributed by atoms with Gasteiger partial charge in [0.15, 0.2) is 5.65 Å². The molecule has 2 aromatic heterocycles. The fraction of sp³-hybridized carbons (Fsp3) is 0.267. The third-order valence-electron chi connectivity index (χ3n) is 3.20. The average molecular weight is 267 g/mol. The number of benzene rings is 1. The number of hydrogen-bond donors (Lipinski definition) is 1. The molecule has 0 aliphatic carbocycles. The molecule has 5 heteroatoms. The minimum Gasteiger partial charge on any atom is -0.354 e. The van der Waals surface area contributed by atoms with Crippen molar-refractivity contribution in [1.29, 1.82) is 0 Å². The molecule has 0 saturated carbocycles. The predicted molar refractivity (Wildman–Crippen MR) is 79.6 cm³/mol. The molecule has 1 aromatic carbocycles. The molecule has 0 unspecified atom stereocenters. The van der Waals surface area contributed by atoms with Crippen LogP contribution in [0.2, 0.25) is 0 Å². The standard InChI is InChI=1S/C15H17N5/c1-2-3-9-16-15-18-11-17-14-13(10-19-20(14)15)12-7-5-4-6-8-12/h4-8,10-11H,2-3,9H2,1H3,(H,16,17,18). The fourth-order valence-electron chi connectivity index (χ4n) is 2.13. The second kappa shape index (κ2) is 5.69. The van der Waals surface area contributed by atoms with Gasteiger partial charge in [0.2, 0.25) is 5.95 Å². The molecule has 3 aromatic rings. The first-order valence-electron chi connectivity index (χ1n) is 6.88. The normalized spacial score (nSPS) is 10.8. The van der Waals surface area contributed by atoms with Gasteiger partial charge in [-0.15, -0.1) is 0 Å². The van der Waals surface area contributed by atoms with Crippen LogP contribution in [0.3, 0.4) is 0 Å². The van der Waals surface area contributed by atoms with Crippen LogP contribution in [0.1, 0.15) is 19.8 Å². The Kier molecular flexibility index (Phi) is 3.58. The van der Waals surface area contributed by atoms with E-state index in [1.165, 1.54) is 0 Å². The van der Waals surface area contributed by atoms with Crippen molar-refractivity contribution >= 4 is 11.6 Å². The SMILES string of the molecule is CCCCNc1ncnc2c(-c3ccccc3)cnn12. The highest BCUT2D eigenvalue weighted by Gasteiger charge is 2.10. The lowest BCUT2D eigenvalue weighted by Crippen LogP contribution is -2.09. The van der Waals surface area contributed by atoms with E-state index < -0.39 is 0 Å². The lowest BCUT2D eigenvalue weighted by molar-refractivity contribution is 0.807. The van der Waals surface area contributed by atoms with Gasteiger partial charge in [-0.25, -0.2) is 9.97 Å². The molecular weight excluding hydrogens is 250 g/mol. The maximum absolute atomic E-state index is 4.40. The summed E-state index contributed by atoms with van der Waals surface area (Å²) in [4.78, 5) is 8.62. The van der Waals surface area contributed by atoms with E-state index in [1.54, 1.807) is 10.8 Å². The van der Waals surface area contributed by atoms with Crippen LogP contribution < -0.4 is 5.32 Å². The first-order valence-corrected chi connectivity index (χ1v) is 6.88. The Morgan fingerprint density at radius 3 is 2.80 bits per heavy atom. The summed E-state index contributed by atoms with van der Waals surface area (Å²) >= 11 is 0. The fourth-order valence-corrected chi connectivity index (χ4v) is 2.13. The van der Waals surface area contributed by atoms with E-state index >= 15 is 0 Å². The van der Waals surface area contributed by atoms with Crippen LogP contribution >= 0.6 is 0 Å². The van der Waals surface area contributed by atoms with Gasteiger partial charge in [0.05, 0.1) is 6.20 Å². The molecule has 0 aliphatic rings. The first kappa shape index (κ1) is 12.6. The second-order valence-corrected chi connectivity index (χ2v) is 4.64. The molecule has 0 amide bonds. The van der Waals surface area contributed by atoms with Crippen molar-refractivity contribution in [2.24, 2.45) is 0 Å². The van der Waals surface area contributed by atoms with Crippen molar-refractivity contribution in [3.8, 4) is 11.1 Å². The number of unbranched alkanes of at least 4 members (excludes halogenated alkanes) is 1. The highest BCUT2D eigenvalue weighted by Crippen LogP contribution is 2.23. The molecule has 0 atom stereocenters. The van der Waals surface area contributed by atoms with Crippen LogP contribution in [-0.2, 0) is 0 Å². The summed E-state index contributed by atoms with van der Waals surface area (Å²) in [5, 5.41) is 7.71. The summed E-state index contributed by atoms with van der Waals surface area (Å²) in [5.41, 5.74) is 2.96. The van der Waals surface area contributed by atoms with Crippen LogP contribution in [-0.4, -0.2) is 26.1 Å². The maximum Gasteiger partial charge on any atom is 0.227 e. The van der Waals surface area contributed by atoms with Gasteiger partial charge in [0.25, 0.3) is 0 Å². The molecular formula is C15H17N5. The van der Waals surface area contributed by atoms with Crippen molar-refractivity contribution in [2.45, 2.75) is 19.8 Å². The Morgan fingerprint density at radius 2 is 2.00 bits per heavy atom. The molecule has 20 heavy (non-hydrogen) atoms. The molecule has 102 valence electrons. The molecule has 0 fully saturated rings. The van der Waals surface area contributed by atoms with Crippen LogP contribution in [0.25, 0.3) is 16.8 Å². The van der Waals surface area contributed by atoms with Crippen LogP contribution in [0.5, 0.6) is 0 Å². The summed E-state index contributed by atoms with van der Waals surface area (Å²) in [6.07, 6.45) is 5.68. The molecule has 3 rings (SSSR count). The molecule has 0 saturated heterocycles. The minimum atomic E-state index is 0.741. The van der Waals surface area contributed by atoms with Gasteiger partial charge >= 0.3 is 0 Å². The van der Waals surface area contributed by atoms with E-state index in [4.69, 9.17) is 0 Å². The summed E-state index contributed by atoms with van der Waals surface area (Å²) in [6, 6.07) is 10.1. The highest BCUT2D eigenvalue weighted by molar-refractivity contribution is 5.77. The Morgan fingerprint density at radius 1 is 1.15 bits per heavy atom. The van der Waals surface area contributed by atoms with Crippen molar-refractivity contribution in [1.82, 2.24) is 19.6 Å². The quantitative estimate of drug-likeness (QED) is 0.722. The smallest absolute Gasteiger partial charge is 0.227 e. The number of nitrogens with zero attached hydrogens (tertiary/aromatic N) is 4. The molecule has 0 aliphatic heterocycles. The van der Waals surface area contributed by atoms with E-state index in [9.17, 15) is 0 Å². The summed E-state index contributed by atoms with van der Waals surface area (Å²) in [6.45, 7) is 3.06. The topological polar surface area (TPSA) is 55.1 Å². The first-order chi connectivity index (χ1) is 9.90. The van der Waals surface area contributed by atoms with Gasteiger partial charge in [-0.1, -0.05) is 43.7 Å². The van der Waals surface area contributed by atoms with Crippen molar-refractivity contribution in [3.05, 3.63) is 42.9 Å². The molecule has 1 N–H and O–H groups in total. The zero-order valence-corrected chi connectivity index (χ0v) is 11.5. The van der Waals surface area contributed by atoms with Gasteiger partial charge in [0, 0.05) is 12.1 Å². The Hall–Kier alpha value is -2.43. The molecule has 0 bridgehead atoms. The number of anilines is 1. The number of hydrogen-bond acceptors (Lipinski definition) is 4. The van der Waals surface area contributed by atoms with E-state index in [0.29, 0.717) is 0 Å². The van der Waals surface area contributed by atoms with Crippen LogP contribution in [0.15, 0.2) is 42.9 Å². The highest BCUT2D eigenvalue weighted by atomic mass is 15.3. The summed E-state index contributed by atoms with van der Waals surface area (Å²) in [7, 11) is 0. The second-order valence-electron chi connectivity index (χ2n) is 4.64. The minimum absolute atomic E-state index is 0.741. The summed E-state index contributed by atoms with van der Waals surface area (Å²) < 4.78 is 1.76. The number of fused-ring (bicyclic) bond motifs is 1. The zero-order chi connectivity index (χ0) is 13.8. The van der Waals surface area contributed by atoms with Crippen LogP contribution in [0, 0.1) is 0 Å².